The molecule has 3 aromatic rings. The van der Waals surface area contributed by atoms with Crippen LogP contribution in [0, 0.1) is 18.6 Å². The normalized spacial score (nSPS) is 10.7. The smallest absolute Gasteiger partial charge is 0.340 e. The Bertz CT molecular complexity index is 1050. The topological polar surface area (TPSA) is 65.5 Å². The third kappa shape index (κ3) is 3.92. The highest BCUT2D eigenvalue weighted by molar-refractivity contribution is 6.00. The third-order valence-corrected chi connectivity index (χ3v) is 4.00. The third-order valence-electron chi connectivity index (χ3n) is 4.00. The lowest BCUT2D eigenvalue weighted by Crippen LogP contribution is -2.16. The molecule has 3 rings (SSSR count). The van der Waals surface area contributed by atoms with Crippen molar-refractivity contribution in [2.45, 2.75) is 6.92 Å². The summed E-state index contributed by atoms with van der Waals surface area (Å²) >= 11 is 0. The van der Waals surface area contributed by atoms with E-state index >= 15 is 0 Å². The highest BCUT2D eigenvalue weighted by atomic mass is 19.1. The van der Waals surface area contributed by atoms with Gasteiger partial charge < -0.3 is 9.47 Å². The summed E-state index contributed by atoms with van der Waals surface area (Å²) in [4.78, 5) is 28.7. The van der Waals surface area contributed by atoms with Crippen LogP contribution in [0.3, 0.4) is 0 Å². The second kappa shape index (κ2) is 7.49. The number of fused-ring (bicyclic) bond motifs is 1. The van der Waals surface area contributed by atoms with E-state index < -0.39 is 35.6 Å². The lowest BCUT2D eigenvalue weighted by Gasteiger charge is -2.09. The molecule has 0 N–H and O–H groups in total. The first-order valence-electron chi connectivity index (χ1n) is 8.00. The van der Waals surface area contributed by atoms with Gasteiger partial charge in [-0.2, -0.15) is 0 Å². The SMILES string of the molecule is COc1ccc2nc(C)c(C(=O)OCC(=O)c3cc(F)ccc3F)cc2c1. The molecule has 0 saturated carbocycles. The summed E-state index contributed by atoms with van der Waals surface area (Å²) in [7, 11) is 1.52. The van der Waals surface area contributed by atoms with Crippen LogP contribution in [0.2, 0.25) is 0 Å². The number of halogens is 2. The number of aromatic nitrogens is 1. The average Bonchev–Trinajstić information content (AvgIpc) is 2.66. The Kier molecular flexibility index (Phi) is 5.12. The van der Waals surface area contributed by atoms with Crippen molar-refractivity contribution < 1.29 is 27.8 Å². The van der Waals surface area contributed by atoms with Crippen molar-refractivity contribution in [3.63, 3.8) is 0 Å². The Morgan fingerprint density at radius 3 is 2.56 bits per heavy atom. The maximum absolute atomic E-state index is 13.6. The molecule has 0 radical (unpaired) electrons. The van der Waals surface area contributed by atoms with E-state index in [0.29, 0.717) is 22.3 Å². The molecule has 5 nitrogen and oxygen atoms in total. The highest BCUT2D eigenvalue weighted by Gasteiger charge is 2.18. The van der Waals surface area contributed by atoms with Gasteiger partial charge in [-0.3, -0.25) is 9.78 Å². The summed E-state index contributed by atoms with van der Waals surface area (Å²) in [6.45, 7) is 0.920. The fourth-order valence-corrected chi connectivity index (χ4v) is 2.58. The van der Waals surface area contributed by atoms with Crippen molar-refractivity contribution in [1.82, 2.24) is 4.98 Å². The standard InChI is InChI=1S/C20H15F2NO4/c1-11-15(8-12-7-14(26-2)4-6-18(12)23-11)20(25)27-10-19(24)16-9-13(21)3-5-17(16)22/h3-9H,10H2,1-2H3. The van der Waals surface area contributed by atoms with Crippen LogP contribution in [0.4, 0.5) is 8.78 Å². The first kappa shape index (κ1) is 18.4. The minimum Gasteiger partial charge on any atom is -0.497 e. The van der Waals surface area contributed by atoms with Gasteiger partial charge in [0, 0.05) is 5.39 Å². The number of Topliss-reactive ketones (excluding diaryl/α,β-unsaturated/α-hetero) is 1. The number of ether oxygens (including phenoxy) is 2. The molecule has 27 heavy (non-hydrogen) atoms. The van der Waals surface area contributed by atoms with Crippen LogP contribution in [0.25, 0.3) is 10.9 Å². The lowest BCUT2D eigenvalue weighted by atomic mass is 10.1. The van der Waals surface area contributed by atoms with Gasteiger partial charge >= 0.3 is 5.97 Å². The second-order valence-electron chi connectivity index (χ2n) is 5.80. The predicted octanol–water partition coefficient (Wildman–Crippen LogP) is 3.87. The molecule has 0 saturated heterocycles. The summed E-state index contributed by atoms with van der Waals surface area (Å²) in [6, 6.07) is 9.30. The lowest BCUT2D eigenvalue weighted by molar-refractivity contribution is 0.0472. The van der Waals surface area contributed by atoms with E-state index in [0.717, 1.165) is 18.2 Å². The van der Waals surface area contributed by atoms with Gasteiger partial charge in [0.1, 0.15) is 17.4 Å². The zero-order chi connectivity index (χ0) is 19.6. The summed E-state index contributed by atoms with van der Waals surface area (Å²) in [5.41, 5.74) is 0.786. The number of nitrogens with zero attached hydrogens (tertiary/aromatic N) is 1. The van der Waals surface area contributed by atoms with Gasteiger partial charge in [0.25, 0.3) is 0 Å². The highest BCUT2D eigenvalue weighted by Crippen LogP contribution is 2.22. The Balaban J connectivity index is 1.80. The molecule has 138 valence electrons. The van der Waals surface area contributed by atoms with E-state index in [1.54, 1.807) is 31.2 Å². The molecule has 0 atom stereocenters. The minimum absolute atomic E-state index is 0.170. The Labute approximate surface area is 153 Å². The van der Waals surface area contributed by atoms with Crippen molar-refractivity contribution >= 4 is 22.7 Å². The molecule has 2 aromatic carbocycles. The second-order valence-corrected chi connectivity index (χ2v) is 5.80. The Morgan fingerprint density at radius 1 is 1.04 bits per heavy atom. The van der Waals surface area contributed by atoms with E-state index in [-0.39, 0.29) is 5.56 Å². The zero-order valence-corrected chi connectivity index (χ0v) is 14.6. The molecular formula is C20H15F2NO4. The van der Waals surface area contributed by atoms with Gasteiger partial charge in [0.05, 0.1) is 29.4 Å². The number of carbonyl (C=O) groups is 2. The summed E-state index contributed by atoms with van der Waals surface area (Å²) in [5, 5.41) is 0.661. The van der Waals surface area contributed by atoms with Gasteiger partial charge in [-0.1, -0.05) is 0 Å². The number of pyridine rings is 1. The van der Waals surface area contributed by atoms with Crippen LogP contribution >= 0.6 is 0 Å². The first-order chi connectivity index (χ1) is 12.9. The van der Waals surface area contributed by atoms with Crippen LogP contribution in [0.5, 0.6) is 5.75 Å². The summed E-state index contributed by atoms with van der Waals surface area (Å²) in [6.07, 6.45) is 0. The van der Waals surface area contributed by atoms with E-state index in [1.165, 1.54) is 7.11 Å². The number of esters is 1. The minimum atomic E-state index is -0.881. The number of benzene rings is 2. The monoisotopic (exact) mass is 371 g/mol. The largest absolute Gasteiger partial charge is 0.497 e. The first-order valence-corrected chi connectivity index (χ1v) is 8.00. The van der Waals surface area contributed by atoms with E-state index in [9.17, 15) is 18.4 Å². The van der Waals surface area contributed by atoms with Crippen LogP contribution in [0.1, 0.15) is 26.4 Å². The van der Waals surface area contributed by atoms with Gasteiger partial charge in [-0.25, -0.2) is 13.6 Å². The quantitative estimate of drug-likeness (QED) is 0.503. The Morgan fingerprint density at radius 2 is 1.81 bits per heavy atom. The van der Waals surface area contributed by atoms with Crippen LogP contribution in [-0.4, -0.2) is 30.5 Å². The molecule has 7 heteroatoms. The number of methoxy groups -OCH3 is 1. The fraction of sp³-hybridized carbons (Fsp3) is 0.150. The molecular weight excluding hydrogens is 356 g/mol. The number of carbonyl (C=O) groups excluding carboxylic acids is 2. The van der Waals surface area contributed by atoms with Crippen LogP contribution in [-0.2, 0) is 4.74 Å². The molecule has 0 amide bonds. The number of aryl methyl sites for hydroxylation is 1. The van der Waals surface area contributed by atoms with Crippen molar-refractivity contribution in [2.75, 3.05) is 13.7 Å². The van der Waals surface area contributed by atoms with E-state index in [2.05, 4.69) is 4.98 Å². The predicted molar refractivity (Wildman–Crippen MR) is 94.0 cm³/mol. The summed E-state index contributed by atoms with van der Waals surface area (Å²) < 4.78 is 36.9. The molecule has 0 unspecified atom stereocenters. The number of hydrogen-bond donors (Lipinski definition) is 0. The fourth-order valence-electron chi connectivity index (χ4n) is 2.58. The molecule has 1 heterocycles. The van der Waals surface area contributed by atoms with Gasteiger partial charge in [-0.05, 0) is 49.4 Å². The molecule has 0 aliphatic rings. The number of ketones is 1. The molecule has 0 bridgehead atoms. The van der Waals surface area contributed by atoms with Crippen LogP contribution in [0.15, 0.2) is 42.5 Å². The van der Waals surface area contributed by atoms with Crippen molar-refractivity contribution in [3.05, 3.63) is 70.9 Å². The maximum atomic E-state index is 13.6. The van der Waals surface area contributed by atoms with Crippen molar-refractivity contribution in [1.29, 1.82) is 0 Å². The number of hydrogen-bond acceptors (Lipinski definition) is 5. The molecule has 0 aliphatic heterocycles. The van der Waals surface area contributed by atoms with Crippen LogP contribution < -0.4 is 4.74 Å². The zero-order valence-electron chi connectivity index (χ0n) is 14.6. The Hall–Kier alpha value is -3.35. The molecule has 0 aliphatic carbocycles. The molecule has 0 fully saturated rings. The maximum Gasteiger partial charge on any atom is 0.340 e. The number of rotatable bonds is 5. The van der Waals surface area contributed by atoms with Crippen molar-refractivity contribution in [3.8, 4) is 5.75 Å². The van der Waals surface area contributed by atoms with Gasteiger partial charge in [0.2, 0.25) is 5.78 Å². The van der Waals surface area contributed by atoms with Gasteiger partial charge in [-0.15, -0.1) is 0 Å². The molecule has 1 aromatic heterocycles. The van der Waals surface area contributed by atoms with E-state index in [1.807, 2.05) is 0 Å². The molecule has 0 spiro atoms. The van der Waals surface area contributed by atoms with Gasteiger partial charge in [0.15, 0.2) is 6.61 Å². The van der Waals surface area contributed by atoms with Crippen molar-refractivity contribution in [2.24, 2.45) is 0 Å². The average molecular weight is 371 g/mol. The summed E-state index contributed by atoms with van der Waals surface area (Å²) in [5.74, 6) is -2.66. The van der Waals surface area contributed by atoms with E-state index in [4.69, 9.17) is 9.47 Å².